The second-order valence-electron chi connectivity index (χ2n) is 4.38. The molecule has 2 amide bonds. The van der Waals surface area contributed by atoms with Gasteiger partial charge in [-0.15, -0.1) is 0 Å². The number of ether oxygens (including phenoxy) is 2. The number of hydrogen-bond donors (Lipinski definition) is 3. The molecule has 0 bridgehead atoms. The van der Waals surface area contributed by atoms with E-state index in [0.717, 1.165) is 0 Å². The molecule has 0 saturated carbocycles. The number of nitrogens with one attached hydrogen (secondary N) is 2. The van der Waals surface area contributed by atoms with Crippen molar-refractivity contribution in [1.82, 2.24) is 10.4 Å². The van der Waals surface area contributed by atoms with Crippen LogP contribution in [-0.2, 0) is 4.74 Å². The smallest absolute Gasteiger partial charge is 0.337 e. The first-order chi connectivity index (χ1) is 10.1. The van der Waals surface area contributed by atoms with Crippen LogP contribution in [0.15, 0.2) is 18.2 Å². The summed E-state index contributed by atoms with van der Waals surface area (Å²) in [5, 5.41) is 13.4. The van der Waals surface area contributed by atoms with Gasteiger partial charge >= 0.3 is 12.0 Å². The first kappa shape index (κ1) is 15.1. The number of carbonyl (C=O) groups excluding carboxylic acids is 1. The molecule has 8 heteroatoms. The average Bonchev–Trinajstić information content (AvgIpc) is 2.47. The molecule has 1 fully saturated rings. The Bertz CT molecular complexity index is 529. The van der Waals surface area contributed by atoms with Gasteiger partial charge in [0.05, 0.1) is 31.6 Å². The van der Waals surface area contributed by atoms with Gasteiger partial charge in [-0.2, -0.15) is 0 Å². The topological polar surface area (TPSA) is 100 Å². The summed E-state index contributed by atoms with van der Waals surface area (Å²) in [6.07, 6.45) is 0. The third-order valence-corrected chi connectivity index (χ3v) is 2.98. The van der Waals surface area contributed by atoms with Crippen molar-refractivity contribution in [3.63, 3.8) is 0 Å². The molecule has 1 aromatic carbocycles. The molecule has 1 aliphatic rings. The minimum atomic E-state index is -1.13. The maximum Gasteiger partial charge on any atom is 0.337 e. The number of carbonyl (C=O) groups is 2. The molecule has 0 aromatic heterocycles. The second kappa shape index (κ2) is 6.91. The zero-order valence-electron chi connectivity index (χ0n) is 11.6. The van der Waals surface area contributed by atoms with Gasteiger partial charge in [-0.3, -0.25) is 5.43 Å². The molecule has 3 N–H and O–H groups in total. The monoisotopic (exact) mass is 295 g/mol. The number of hydrazine groups is 1. The number of aromatic carboxylic acids is 1. The van der Waals surface area contributed by atoms with Crippen LogP contribution in [0, 0.1) is 0 Å². The predicted octanol–water partition coefficient (Wildman–Crippen LogP) is 0.762. The highest BCUT2D eigenvalue weighted by Crippen LogP contribution is 2.22. The van der Waals surface area contributed by atoms with Crippen molar-refractivity contribution in [1.29, 1.82) is 0 Å². The van der Waals surface area contributed by atoms with Crippen LogP contribution in [0.5, 0.6) is 5.75 Å². The Kier molecular flexibility index (Phi) is 4.96. The molecule has 0 unspecified atom stereocenters. The second-order valence-corrected chi connectivity index (χ2v) is 4.38. The summed E-state index contributed by atoms with van der Waals surface area (Å²) in [6.45, 7) is 2.24. The van der Waals surface area contributed by atoms with Crippen molar-refractivity contribution in [2.24, 2.45) is 0 Å². The van der Waals surface area contributed by atoms with Crippen LogP contribution >= 0.6 is 0 Å². The number of morpholine rings is 1. The normalized spacial score (nSPS) is 15.3. The molecule has 0 aliphatic carbocycles. The van der Waals surface area contributed by atoms with Gasteiger partial charge in [0, 0.05) is 19.2 Å². The highest BCUT2D eigenvalue weighted by molar-refractivity contribution is 6.00. The lowest BCUT2D eigenvalue weighted by atomic mass is 10.1. The van der Waals surface area contributed by atoms with E-state index in [1.165, 1.54) is 25.3 Å². The largest absolute Gasteiger partial charge is 0.497 e. The SMILES string of the molecule is COc1ccc(C(=O)O)c(NC(=O)NN2CCOCC2)c1. The molecular formula is C13H17N3O5. The number of hydrogen-bond acceptors (Lipinski definition) is 5. The minimum Gasteiger partial charge on any atom is -0.497 e. The molecular weight excluding hydrogens is 278 g/mol. The zero-order chi connectivity index (χ0) is 15.2. The van der Waals surface area contributed by atoms with Gasteiger partial charge in [0.1, 0.15) is 5.75 Å². The summed E-state index contributed by atoms with van der Waals surface area (Å²) < 4.78 is 10.2. The van der Waals surface area contributed by atoms with E-state index >= 15 is 0 Å². The number of methoxy groups -OCH3 is 1. The van der Waals surface area contributed by atoms with Crippen LogP contribution in [-0.4, -0.2) is 55.5 Å². The minimum absolute atomic E-state index is 0.00655. The van der Waals surface area contributed by atoms with Crippen LogP contribution in [0.4, 0.5) is 10.5 Å². The van der Waals surface area contributed by atoms with Gasteiger partial charge in [0.2, 0.25) is 0 Å². The lowest BCUT2D eigenvalue weighted by Crippen LogP contribution is -2.49. The summed E-state index contributed by atoms with van der Waals surface area (Å²) in [5.41, 5.74) is 2.81. The number of urea groups is 1. The molecule has 0 radical (unpaired) electrons. The van der Waals surface area contributed by atoms with Crippen molar-refractivity contribution in [2.45, 2.75) is 0 Å². The molecule has 21 heavy (non-hydrogen) atoms. The number of anilines is 1. The van der Waals surface area contributed by atoms with Crippen molar-refractivity contribution >= 4 is 17.7 Å². The number of amides is 2. The standard InChI is InChI=1S/C13H17N3O5/c1-20-9-2-3-10(12(17)18)11(8-9)14-13(19)15-16-4-6-21-7-5-16/h2-3,8H,4-7H2,1H3,(H,17,18)(H2,14,15,19). The van der Waals surface area contributed by atoms with Crippen LogP contribution < -0.4 is 15.5 Å². The van der Waals surface area contributed by atoms with E-state index in [0.29, 0.717) is 32.1 Å². The molecule has 2 rings (SSSR count). The Labute approximate surface area is 121 Å². The van der Waals surface area contributed by atoms with Crippen molar-refractivity contribution in [3.8, 4) is 5.75 Å². The first-order valence-corrected chi connectivity index (χ1v) is 6.42. The Balaban J connectivity index is 2.06. The number of carboxylic acids is 1. The Morgan fingerprint density at radius 1 is 1.33 bits per heavy atom. The van der Waals surface area contributed by atoms with Crippen LogP contribution in [0.3, 0.4) is 0 Å². The van der Waals surface area contributed by atoms with Crippen LogP contribution in [0.2, 0.25) is 0 Å². The highest BCUT2D eigenvalue weighted by atomic mass is 16.5. The maximum atomic E-state index is 11.9. The molecule has 1 saturated heterocycles. The fraction of sp³-hybridized carbons (Fsp3) is 0.385. The summed E-state index contributed by atoms with van der Waals surface area (Å²) in [5.74, 6) is -0.666. The molecule has 1 heterocycles. The van der Waals surface area contributed by atoms with Crippen molar-refractivity contribution in [2.75, 3.05) is 38.7 Å². The molecule has 8 nitrogen and oxygen atoms in total. The third kappa shape index (κ3) is 4.07. The fourth-order valence-corrected chi connectivity index (χ4v) is 1.91. The van der Waals surface area contributed by atoms with E-state index in [4.69, 9.17) is 14.6 Å². The number of rotatable bonds is 4. The van der Waals surface area contributed by atoms with E-state index in [1.807, 2.05) is 0 Å². The van der Waals surface area contributed by atoms with E-state index in [2.05, 4.69) is 10.7 Å². The summed E-state index contributed by atoms with van der Waals surface area (Å²) in [4.78, 5) is 23.1. The van der Waals surface area contributed by atoms with Gasteiger partial charge < -0.3 is 19.9 Å². The van der Waals surface area contributed by atoms with Gasteiger partial charge in [-0.1, -0.05) is 0 Å². The number of benzene rings is 1. The molecule has 0 spiro atoms. The number of nitrogens with zero attached hydrogens (tertiary/aromatic N) is 1. The maximum absolute atomic E-state index is 11.9. The van der Waals surface area contributed by atoms with E-state index < -0.39 is 12.0 Å². The Morgan fingerprint density at radius 3 is 2.67 bits per heavy atom. The fourth-order valence-electron chi connectivity index (χ4n) is 1.91. The highest BCUT2D eigenvalue weighted by Gasteiger charge is 2.16. The Morgan fingerprint density at radius 2 is 2.05 bits per heavy atom. The quantitative estimate of drug-likeness (QED) is 0.758. The molecule has 1 aromatic rings. The number of carboxylic acid groups (broad SMARTS) is 1. The van der Waals surface area contributed by atoms with Gasteiger partial charge in [0.15, 0.2) is 0 Å². The van der Waals surface area contributed by atoms with Crippen molar-refractivity contribution in [3.05, 3.63) is 23.8 Å². The predicted molar refractivity (Wildman–Crippen MR) is 74.5 cm³/mol. The van der Waals surface area contributed by atoms with Gasteiger partial charge in [-0.25, -0.2) is 14.6 Å². The summed E-state index contributed by atoms with van der Waals surface area (Å²) in [7, 11) is 1.47. The lowest BCUT2D eigenvalue weighted by Gasteiger charge is -2.27. The van der Waals surface area contributed by atoms with Crippen molar-refractivity contribution < 1.29 is 24.2 Å². The molecule has 114 valence electrons. The first-order valence-electron chi connectivity index (χ1n) is 6.42. The summed E-state index contributed by atoms with van der Waals surface area (Å²) >= 11 is 0. The van der Waals surface area contributed by atoms with E-state index in [1.54, 1.807) is 5.01 Å². The summed E-state index contributed by atoms with van der Waals surface area (Å²) in [6, 6.07) is 3.86. The van der Waals surface area contributed by atoms with Gasteiger partial charge in [0.25, 0.3) is 0 Å². The van der Waals surface area contributed by atoms with Crippen LogP contribution in [0.1, 0.15) is 10.4 Å². The Hall–Kier alpha value is -2.32. The molecule has 1 aliphatic heterocycles. The average molecular weight is 295 g/mol. The van der Waals surface area contributed by atoms with Crippen LogP contribution in [0.25, 0.3) is 0 Å². The van der Waals surface area contributed by atoms with Gasteiger partial charge in [-0.05, 0) is 12.1 Å². The molecule has 0 atom stereocenters. The van der Waals surface area contributed by atoms with E-state index in [9.17, 15) is 9.59 Å². The zero-order valence-corrected chi connectivity index (χ0v) is 11.6. The van der Waals surface area contributed by atoms with E-state index in [-0.39, 0.29) is 11.3 Å². The lowest BCUT2D eigenvalue weighted by molar-refractivity contribution is 0.0207. The third-order valence-electron chi connectivity index (χ3n) is 2.98.